The third kappa shape index (κ3) is 23.2. The van der Waals surface area contributed by atoms with Crippen LogP contribution in [0.3, 0.4) is 0 Å². The summed E-state index contributed by atoms with van der Waals surface area (Å²) in [7, 11) is 0. The number of esters is 1. The number of carbonyl (C=O) groups excluding carboxylic acids is 4. The molecule has 0 aliphatic carbocycles. The molecule has 168 valence electrons. The molecule has 0 aliphatic heterocycles. The molecule has 0 unspecified atom stereocenters. The van der Waals surface area contributed by atoms with Gasteiger partial charge in [-0.2, -0.15) is 0 Å². The lowest BCUT2D eigenvalue weighted by molar-refractivity contribution is -0.154. The minimum atomic E-state index is -0.773. The smallest absolute Gasteiger partial charge is 0.308 e. The first-order valence-electron chi connectivity index (χ1n) is 9.05. The molecule has 0 radical (unpaired) electrons. The van der Waals surface area contributed by atoms with E-state index < -0.39 is 35.3 Å². The Bertz CT molecular complexity index is 547. The molecule has 0 fully saturated rings. The number of carboxylic acid groups (broad SMARTS) is 1. The highest BCUT2D eigenvalue weighted by Gasteiger charge is 2.16. The number of carbonyl (C=O) groups is 5. The van der Waals surface area contributed by atoms with Crippen molar-refractivity contribution < 1.29 is 33.8 Å². The zero-order valence-corrected chi connectivity index (χ0v) is 17.2. The van der Waals surface area contributed by atoms with E-state index in [-0.39, 0.29) is 39.0 Å². The molecule has 12 heteroatoms. The average molecular weight is 419 g/mol. The number of carboxylic acids is 1. The molecule has 0 bridgehead atoms. The molecule has 3 amide bonds. The topological polar surface area (TPSA) is 203 Å². The van der Waals surface area contributed by atoms with Crippen LogP contribution >= 0.6 is 0 Å². The van der Waals surface area contributed by atoms with Crippen molar-refractivity contribution in [2.45, 2.75) is 45.6 Å². The molecule has 12 nitrogen and oxygen atoms in total. The number of hydrogen-bond donors (Lipinski definition) is 6. The normalized spacial score (nSPS) is 10.1. The van der Waals surface area contributed by atoms with Crippen LogP contribution in [0.15, 0.2) is 0 Å². The molecule has 8 N–H and O–H groups in total. The molecule has 0 saturated carbocycles. The highest BCUT2D eigenvalue weighted by molar-refractivity contribution is 5.88. The number of amides is 3. The standard InChI is InChI=1S/C13H24N4O5.C4H9NO2/c1-13(2,3)22-12(21)4-5-15-10(19)7-17-11(20)8-16-9(18)6-14;5-3-1-2-4(6)7/h4-8,14H2,1-3H3,(H,15,19)(H,16,18)(H,17,20);1-3,5H2,(H,6,7). The van der Waals surface area contributed by atoms with E-state index in [0.717, 1.165) is 0 Å². The highest BCUT2D eigenvalue weighted by atomic mass is 16.6. The summed E-state index contributed by atoms with van der Waals surface area (Å²) in [6.45, 7) is 5.14. The first-order valence-corrected chi connectivity index (χ1v) is 9.05. The van der Waals surface area contributed by atoms with Crippen LogP contribution in [0.2, 0.25) is 0 Å². The second-order valence-electron chi connectivity index (χ2n) is 6.73. The molecule has 0 rings (SSSR count). The van der Waals surface area contributed by atoms with Crippen molar-refractivity contribution in [3.8, 4) is 0 Å². The van der Waals surface area contributed by atoms with Gasteiger partial charge in [-0.3, -0.25) is 24.0 Å². The minimum absolute atomic E-state index is 0.0452. The predicted molar refractivity (Wildman–Crippen MR) is 104 cm³/mol. The van der Waals surface area contributed by atoms with E-state index in [1.165, 1.54) is 0 Å². The summed E-state index contributed by atoms with van der Waals surface area (Å²) in [5, 5.41) is 15.0. The van der Waals surface area contributed by atoms with Crippen LogP contribution in [0.5, 0.6) is 0 Å². The third-order valence-corrected chi connectivity index (χ3v) is 2.74. The molecule has 0 atom stereocenters. The van der Waals surface area contributed by atoms with Gasteiger partial charge in [-0.15, -0.1) is 0 Å². The predicted octanol–water partition coefficient (Wildman–Crippen LogP) is -2.16. The first kappa shape index (κ1) is 28.5. The van der Waals surface area contributed by atoms with Crippen LogP contribution in [-0.2, 0) is 28.7 Å². The van der Waals surface area contributed by atoms with Crippen LogP contribution < -0.4 is 27.4 Å². The lowest BCUT2D eigenvalue weighted by Crippen LogP contribution is -2.43. The van der Waals surface area contributed by atoms with E-state index in [9.17, 15) is 24.0 Å². The second kappa shape index (κ2) is 16.2. The Morgan fingerprint density at radius 2 is 1.38 bits per heavy atom. The number of rotatable bonds is 11. The SMILES string of the molecule is CC(C)(C)OC(=O)CCNC(=O)CNC(=O)CNC(=O)CN.NCCCC(=O)O. The molecule has 0 heterocycles. The van der Waals surface area contributed by atoms with Gasteiger partial charge in [0.15, 0.2) is 0 Å². The Morgan fingerprint density at radius 1 is 0.862 bits per heavy atom. The van der Waals surface area contributed by atoms with Gasteiger partial charge in [0.05, 0.1) is 26.1 Å². The molecule has 0 aliphatic rings. The van der Waals surface area contributed by atoms with Gasteiger partial charge >= 0.3 is 11.9 Å². The molecule has 0 aromatic rings. The fourth-order valence-electron chi connectivity index (χ4n) is 1.50. The fourth-order valence-corrected chi connectivity index (χ4v) is 1.50. The highest BCUT2D eigenvalue weighted by Crippen LogP contribution is 2.07. The quantitative estimate of drug-likeness (QED) is 0.201. The molecule has 0 aromatic heterocycles. The van der Waals surface area contributed by atoms with Crippen LogP contribution in [0.4, 0.5) is 0 Å². The minimum Gasteiger partial charge on any atom is -0.481 e. The lowest BCUT2D eigenvalue weighted by Gasteiger charge is -2.19. The summed E-state index contributed by atoms with van der Waals surface area (Å²) in [5.74, 6) is -2.60. The zero-order chi connectivity index (χ0) is 22.9. The van der Waals surface area contributed by atoms with E-state index in [2.05, 4.69) is 16.0 Å². The Hall–Kier alpha value is -2.73. The van der Waals surface area contributed by atoms with Crippen molar-refractivity contribution in [1.29, 1.82) is 0 Å². The van der Waals surface area contributed by atoms with Gasteiger partial charge in [0.2, 0.25) is 17.7 Å². The summed E-state index contributed by atoms with van der Waals surface area (Å²) in [4.78, 5) is 54.6. The number of hydrogen-bond acceptors (Lipinski definition) is 8. The van der Waals surface area contributed by atoms with Gasteiger partial charge in [0.25, 0.3) is 0 Å². The van der Waals surface area contributed by atoms with Crippen LogP contribution in [-0.4, -0.2) is 73.1 Å². The van der Waals surface area contributed by atoms with Crippen molar-refractivity contribution in [3.63, 3.8) is 0 Å². The van der Waals surface area contributed by atoms with Gasteiger partial charge in [0.1, 0.15) is 5.60 Å². The number of nitrogens with one attached hydrogen (secondary N) is 3. The van der Waals surface area contributed by atoms with E-state index in [4.69, 9.17) is 21.3 Å². The molecule has 29 heavy (non-hydrogen) atoms. The second-order valence-corrected chi connectivity index (χ2v) is 6.73. The number of nitrogens with two attached hydrogens (primary N) is 2. The van der Waals surface area contributed by atoms with Gasteiger partial charge < -0.3 is 37.3 Å². The molecule has 0 aromatic carbocycles. The van der Waals surface area contributed by atoms with Crippen molar-refractivity contribution in [2.75, 3.05) is 32.7 Å². The maximum Gasteiger partial charge on any atom is 0.308 e. The van der Waals surface area contributed by atoms with E-state index in [1.54, 1.807) is 20.8 Å². The van der Waals surface area contributed by atoms with E-state index in [1.807, 2.05) is 0 Å². The Morgan fingerprint density at radius 3 is 1.79 bits per heavy atom. The van der Waals surface area contributed by atoms with Crippen LogP contribution in [0, 0.1) is 0 Å². The number of ether oxygens (including phenoxy) is 1. The monoisotopic (exact) mass is 419 g/mol. The summed E-state index contributed by atoms with van der Waals surface area (Å²) in [6, 6.07) is 0. The fraction of sp³-hybridized carbons (Fsp3) is 0.706. The molecule has 0 saturated heterocycles. The maximum atomic E-state index is 11.4. The van der Waals surface area contributed by atoms with E-state index >= 15 is 0 Å². The summed E-state index contributed by atoms with van der Waals surface area (Å²) < 4.78 is 5.07. The summed E-state index contributed by atoms with van der Waals surface area (Å²) in [6.07, 6.45) is 0.815. The molecular formula is C17H33N5O7. The van der Waals surface area contributed by atoms with Crippen molar-refractivity contribution >= 4 is 29.7 Å². The van der Waals surface area contributed by atoms with E-state index in [0.29, 0.717) is 13.0 Å². The Labute approximate surface area is 170 Å². The van der Waals surface area contributed by atoms with Gasteiger partial charge in [0, 0.05) is 13.0 Å². The van der Waals surface area contributed by atoms with Crippen LogP contribution in [0.1, 0.15) is 40.0 Å². The molecular weight excluding hydrogens is 386 g/mol. The first-order chi connectivity index (χ1) is 13.4. The maximum absolute atomic E-state index is 11.4. The number of aliphatic carboxylic acids is 1. The van der Waals surface area contributed by atoms with Crippen molar-refractivity contribution in [1.82, 2.24) is 16.0 Å². The van der Waals surface area contributed by atoms with Crippen LogP contribution in [0.25, 0.3) is 0 Å². The summed E-state index contributed by atoms with van der Waals surface area (Å²) in [5.41, 5.74) is 9.50. The third-order valence-electron chi connectivity index (χ3n) is 2.74. The lowest BCUT2D eigenvalue weighted by atomic mass is 10.2. The van der Waals surface area contributed by atoms with Gasteiger partial charge in [-0.1, -0.05) is 0 Å². The Kier molecular flexibility index (Phi) is 16.0. The zero-order valence-electron chi connectivity index (χ0n) is 17.2. The largest absolute Gasteiger partial charge is 0.481 e. The Balaban J connectivity index is 0. The average Bonchev–Trinajstić information content (AvgIpc) is 2.61. The molecule has 0 spiro atoms. The van der Waals surface area contributed by atoms with Crippen molar-refractivity contribution in [3.05, 3.63) is 0 Å². The van der Waals surface area contributed by atoms with Gasteiger partial charge in [-0.25, -0.2) is 0 Å². The summed E-state index contributed by atoms with van der Waals surface area (Å²) >= 11 is 0. The van der Waals surface area contributed by atoms with Crippen molar-refractivity contribution in [2.24, 2.45) is 11.5 Å². The van der Waals surface area contributed by atoms with Gasteiger partial charge in [-0.05, 0) is 33.7 Å².